The van der Waals surface area contributed by atoms with Gasteiger partial charge in [0, 0.05) is 31.3 Å². The molecule has 1 aliphatic heterocycles. The molecule has 5 heteroatoms. The van der Waals surface area contributed by atoms with E-state index in [4.69, 9.17) is 17.0 Å². The number of thiocarbonyl (C=S) groups is 1. The van der Waals surface area contributed by atoms with Crippen LogP contribution < -0.4 is 5.32 Å². The van der Waals surface area contributed by atoms with E-state index in [1.165, 1.54) is 25.7 Å². The Hall–Kier alpha value is -1.33. The molecular weight excluding hydrogens is 332 g/mol. The molecule has 2 aliphatic carbocycles. The van der Waals surface area contributed by atoms with Crippen molar-refractivity contribution in [3.8, 4) is 5.75 Å². The SMILES string of the molecule is Oc1ccccc1CN(CC1CCCO1)C(=S)NC1CC2CCC1C2. The quantitative estimate of drug-likeness (QED) is 0.788. The molecule has 25 heavy (non-hydrogen) atoms. The lowest BCUT2D eigenvalue weighted by molar-refractivity contribution is 0.0892. The van der Waals surface area contributed by atoms with Gasteiger partial charge in [0.1, 0.15) is 5.75 Å². The number of phenolic OH excluding ortho intramolecular Hbond substituents is 1. The number of nitrogens with one attached hydrogen (secondary N) is 1. The van der Waals surface area contributed by atoms with Gasteiger partial charge in [-0.05, 0) is 62.2 Å². The van der Waals surface area contributed by atoms with Gasteiger partial charge in [-0.15, -0.1) is 0 Å². The second-order valence-electron chi connectivity index (χ2n) is 7.88. The number of ether oxygens (including phenoxy) is 1. The van der Waals surface area contributed by atoms with Crippen molar-refractivity contribution in [3.63, 3.8) is 0 Å². The highest BCUT2D eigenvalue weighted by molar-refractivity contribution is 7.80. The summed E-state index contributed by atoms with van der Waals surface area (Å²) in [6.07, 6.45) is 7.82. The highest BCUT2D eigenvalue weighted by atomic mass is 32.1. The maximum absolute atomic E-state index is 10.2. The number of aromatic hydroxyl groups is 1. The molecule has 0 spiro atoms. The Morgan fingerprint density at radius 3 is 2.80 bits per heavy atom. The Balaban J connectivity index is 1.44. The van der Waals surface area contributed by atoms with Crippen molar-refractivity contribution in [2.75, 3.05) is 13.2 Å². The summed E-state index contributed by atoms with van der Waals surface area (Å²) in [5.74, 6) is 2.02. The molecule has 0 amide bonds. The molecule has 1 heterocycles. The normalized spacial score (nSPS) is 30.6. The van der Waals surface area contributed by atoms with Crippen LogP contribution in [0.15, 0.2) is 24.3 Å². The predicted molar refractivity (Wildman–Crippen MR) is 102 cm³/mol. The van der Waals surface area contributed by atoms with Crippen LogP contribution >= 0.6 is 12.2 Å². The molecule has 4 nitrogen and oxygen atoms in total. The molecule has 1 saturated heterocycles. The average Bonchev–Trinajstić information content (AvgIpc) is 3.34. The van der Waals surface area contributed by atoms with E-state index in [0.29, 0.717) is 18.3 Å². The first kappa shape index (κ1) is 17.1. The van der Waals surface area contributed by atoms with Crippen LogP contribution in [0.2, 0.25) is 0 Å². The molecule has 1 aromatic carbocycles. The van der Waals surface area contributed by atoms with Crippen LogP contribution in [0, 0.1) is 11.8 Å². The van der Waals surface area contributed by atoms with E-state index < -0.39 is 0 Å². The van der Waals surface area contributed by atoms with Gasteiger partial charge < -0.3 is 20.1 Å². The first-order valence-electron chi connectivity index (χ1n) is 9.63. The zero-order valence-corrected chi connectivity index (χ0v) is 15.5. The van der Waals surface area contributed by atoms with Crippen molar-refractivity contribution in [2.45, 2.75) is 57.2 Å². The molecule has 3 fully saturated rings. The molecule has 0 radical (unpaired) electrons. The number of fused-ring (bicyclic) bond motifs is 2. The number of rotatable bonds is 5. The van der Waals surface area contributed by atoms with Gasteiger partial charge in [-0.2, -0.15) is 0 Å². The zero-order valence-electron chi connectivity index (χ0n) is 14.7. The van der Waals surface area contributed by atoms with Gasteiger partial charge in [0.2, 0.25) is 0 Å². The number of para-hydroxylation sites is 1. The highest BCUT2D eigenvalue weighted by Gasteiger charge is 2.40. The van der Waals surface area contributed by atoms with Gasteiger partial charge in [0.15, 0.2) is 5.11 Å². The van der Waals surface area contributed by atoms with E-state index in [-0.39, 0.29) is 6.10 Å². The molecule has 136 valence electrons. The summed E-state index contributed by atoms with van der Waals surface area (Å²) in [7, 11) is 0. The summed E-state index contributed by atoms with van der Waals surface area (Å²) in [5.41, 5.74) is 0.914. The van der Waals surface area contributed by atoms with Crippen LogP contribution in [0.1, 0.15) is 44.1 Å². The number of hydrogen-bond donors (Lipinski definition) is 2. The summed E-state index contributed by atoms with van der Waals surface area (Å²) >= 11 is 5.78. The highest BCUT2D eigenvalue weighted by Crippen LogP contribution is 2.44. The van der Waals surface area contributed by atoms with Crippen LogP contribution in [-0.2, 0) is 11.3 Å². The largest absolute Gasteiger partial charge is 0.508 e. The Morgan fingerprint density at radius 2 is 2.12 bits per heavy atom. The first-order valence-corrected chi connectivity index (χ1v) is 10.0. The predicted octanol–water partition coefficient (Wildman–Crippen LogP) is 3.44. The first-order chi connectivity index (χ1) is 12.2. The fourth-order valence-electron chi connectivity index (χ4n) is 4.77. The number of nitrogens with zero attached hydrogens (tertiary/aromatic N) is 1. The number of phenols is 1. The van der Waals surface area contributed by atoms with Gasteiger partial charge in [0.05, 0.1) is 6.10 Å². The average molecular weight is 361 g/mol. The van der Waals surface area contributed by atoms with Crippen LogP contribution in [0.3, 0.4) is 0 Å². The van der Waals surface area contributed by atoms with Gasteiger partial charge >= 0.3 is 0 Å². The third kappa shape index (κ3) is 3.93. The Morgan fingerprint density at radius 1 is 1.24 bits per heavy atom. The van der Waals surface area contributed by atoms with Gasteiger partial charge in [0.25, 0.3) is 0 Å². The summed E-state index contributed by atoms with van der Waals surface area (Å²) in [6.45, 7) is 2.27. The maximum atomic E-state index is 10.2. The summed E-state index contributed by atoms with van der Waals surface area (Å²) in [4.78, 5) is 2.19. The molecule has 4 rings (SSSR count). The monoisotopic (exact) mass is 360 g/mol. The van der Waals surface area contributed by atoms with Crippen molar-refractivity contribution in [1.29, 1.82) is 0 Å². The Bertz CT molecular complexity index is 617. The van der Waals surface area contributed by atoms with E-state index in [0.717, 1.165) is 48.5 Å². The molecule has 2 saturated carbocycles. The lowest BCUT2D eigenvalue weighted by Crippen LogP contribution is -2.48. The number of benzene rings is 1. The smallest absolute Gasteiger partial charge is 0.169 e. The summed E-state index contributed by atoms with van der Waals surface area (Å²) in [6, 6.07) is 8.06. The molecule has 1 aromatic rings. The van der Waals surface area contributed by atoms with Crippen LogP contribution in [0.4, 0.5) is 0 Å². The fraction of sp³-hybridized carbons (Fsp3) is 0.650. The van der Waals surface area contributed by atoms with Crippen molar-refractivity contribution in [3.05, 3.63) is 29.8 Å². The van der Waals surface area contributed by atoms with Crippen molar-refractivity contribution < 1.29 is 9.84 Å². The van der Waals surface area contributed by atoms with Crippen molar-refractivity contribution in [1.82, 2.24) is 10.2 Å². The second-order valence-corrected chi connectivity index (χ2v) is 8.26. The minimum atomic E-state index is 0.241. The van der Waals surface area contributed by atoms with Gasteiger partial charge in [-0.1, -0.05) is 24.6 Å². The minimum Gasteiger partial charge on any atom is -0.508 e. The van der Waals surface area contributed by atoms with Crippen molar-refractivity contribution in [2.24, 2.45) is 11.8 Å². The third-order valence-electron chi connectivity index (χ3n) is 6.14. The second kappa shape index (κ2) is 7.50. The third-order valence-corrected chi connectivity index (χ3v) is 6.51. The van der Waals surface area contributed by atoms with Crippen LogP contribution in [-0.4, -0.2) is 40.4 Å². The minimum absolute atomic E-state index is 0.241. The molecule has 4 unspecified atom stereocenters. The van der Waals surface area contributed by atoms with Crippen LogP contribution in [0.25, 0.3) is 0 Å². The topological polar surface area (TPSA) is 44.7 Å². The summed E-state index contributed by atoms with van der Waals surface area (Å²) < 4.78 is 5.83. The van der Waals surface area contributed by atoms with E-state index in [2.05, 4.69) is 10.2 Å². The van der Waals surface area contributed by atoms with Gasteiger partial charge in [-0.3, -0.25) is 0 Å². The Kier molecular flexibility index (Phi) is 5.13. The molecule has 2 bridgehead atoms. The maximum Gasteiger partial charge on any atom is 0.169 e. The Labute approximate surface area is 155 Å². The van der Waals surface area contributed by atoms with E-state index in [9.17, 15) is 5.11 Å². The van der Waals surface area contributed by atoms with Crippen molar-refractivity contribution >= 4 is 17.3 Å². The van der Waals surface area contributed by atoms with Gasteiger partial charge in [-0.25, -0.2) is 0 Å². The van der Waals surface area contributed by atoms with E-state index in [1.807, 2.05) is 18.2 Å². The molecule has 4 atom stereocenters. The van der Waals surface area contributed by atoms with E-state index in [1.54, 1.807) is 6.07 Å². The zero-order chi connectivity index (χ0) is 17.2. The summed E-state index contributed by atoms with van der Waals surface area (Å²) in [5, 5.41) is 14.6. The lowest BCUT2D eigenvalue weighted by Gasteiger charge is -2.32. The van der Waals surface area contributed by atoms with Crippen LogP contribution in [0.5, 0.6) is 5.75 Å². The molecule has 2 N–H and O–H groups in total. The number of hydrogen-bond acceptors (Lipinski definition) is 3. The van der Waals surface area contributed by atoms with E-state index >= 15 is 0 Å². The lowest BCUT2D eigenvalue weighted by atomic mass is 9.95. The molecule has 3 aliphatic rings. The standard InChI is InChI=1S/C20H28N2O2S/c23-19-6-2-1-4-16(19)12-22(13-17-5-3-9-24-17)20(25)21-18-11-14-7-8-15(18)10-14/h1-2,4,6,14-15,17-18,23H,3,5,7-13H2,(H,21,25). The molecular formula is C20H28N2O2S. The molecule has 0 aromatic heterocycles. The fourth-order valence-corrected chi connectivity index (χ4v) is 5.07.